The van der Waals surface area contributed by atoms with Crippen molar-refractivity contribution < 1.29 is 4.79 Å². The van der Waals surface area contributed by atoms with E-state index in [0.717, 1.165) is 27.8 Å². The Kier molecular flexibility index (Phi) is 4.93. The first kappa shape index (κ1) is 19.4. The summed E-state index contributed by atoms with van der Waals surface area (Å²) in [5.41, 5.74) is 4.45. The Morgan fingerprint density at radius 1 is 1.07 bits per heavy atom. The van der Waals surface area contributed by atoms with Crippen LogP contribution in [0.15, 0.2) is 54.6 Å². The zero-order valence-corrected chi connectivity index (χ0v) is 18.2. The van der Waals surface area contributed by atoms with Crippen LogP contribution in [0.25, 0.3) is 22.2 Å². The van der Waals surface area contributed by atoms with Gasteiger partial charge in [-0.25, -0.2) is 4.98 Å². The molecule has 0 radical (unpaired) electrons. The summed E-state index contributed by atoms with van der Waals surface area (Å²) in [6, 6.07) is 17.2. The molecule has 0 bridgehead atoms. The summed E-state index contributed by atoms with van der Waals surface area (Å²) in [6.07, 6.45) is 0. The summed E-state index contributed by atoms with van der Waals surface area (Å²) in [6.45, 7) is 1.94. The van der Waals surface area contributed by atoms with E-state index in [1.54, 1.807) is 16.7 Å². The monoisotopic (exact) mass is 454 g/mol. The second kappa shape index (κ2) is 7.61. The van der Waals surface area contributed by atoms with Crippen molar-refractivity contribution in [3.05, 3.63) is 75.9 Å². The fourth-order valence-corrected chi connectivity index (χ4v) is 5.11. The third-order valence-corrected chi connectivity index (χ3v) is 6.76. The molecule has 150 valence electrons. The number of nitrogens with zero attached hydrogens (tertiary/aromatic N) is 3. The zero-order valence-electron chi connectivity index (χ0n) is 15.9. The normalized spacial score (nSPS) is 16.6. The Morgan fingerprint density at radius 2 is 1.73 bits per heavy atom. The minimum Gasteiger partial charge on any atom is -0.277 e. The lowest BCUT2D eigenvalue weighted by Gasteiger charge is -2.23. The fraction of sp³-hybridized carbons (Fsp3) is 0.136. The first-order valence-electron chi connectivity index (χ1n) is 9.32. The van der Waals surface area contributed by atoms with E-state index >= 15 is 0 Å². The van der Waals surface area contributed by atoms with Crippen molar-refractivity contribution in [1.82, 2.24) is 15.2 Å². The minimum atomic E-state index is -0.180. The Balaban J connectivity index is 1.69. The maximum atomic E-state index is 12.9. The molecule has 3 heterocycles. The molecule has 1 atom stereocenters. The van der Waals surface area contributed by atoms with Gasteiger partial charge in [0.15, 0.2) is 11.5 Å². The van der Waals surface area contributed by atoms with Crippen molar-refractivity contribution in [1.29, 1.82) is 0 Å². The first-order chi connectivity index (χ1) is 14.5. The Bertz CT molecular complexity index is 1250. The van der Waals surface area contributed by atoms with E-state index in [1.165, 1.54) is 0 Å². The van der Waals surface area contributed by atoms with Crippen molar-refractivity contribution in [2.75, 3.05) is 10.7 Å². The van der Waals surface area contributed by atoms with Crippen LogP contribution in [0.5, 0.6) is 0 Å². The number of fused-ring (bicyclic) bond motifs is 1. The summed E-state index contributed by atoms with van der Waals surface area (Å²) < 4.78 is 0. The van der Waals surface area contributed by atoms with Crippen LogP contribution in [0.3, 0.4) is 0 Å². The number of thioether (sulfide) groups is 1. The molecule has 1 amide bonds. The smallest absolute Gasteiger partial charge is 0.239 e. The van der Waals surface area contributed by atoms with E-state index in [0.29, 0.717) is 27.3 Å². The number of pyridine rings is 1. The average molecular weight is 455 g/mol. The fourth-order valence-electron chi connectivity index (χ4n) is 3.70. The van der Waals surface area contributed by atoms with Gasteiger partial charge in [-0.05, 0) is 53.9 Å². The second-order valence-corrected chi connectivity index (χ2v) is 9.01. The number of carbonyl (C=O) groups is 1. The number of carbonyl (C=O) groups excluding carboxylic acids is 1. The van der Waals surface area contributed by atoms with E-state index in [4.69, 9.17) is 23.2 Å². The van der Waals surface area contributed by atoms with E-state index in [1.807, 2.05) is 61.5 Å². The topological polar surface area (TPSA) is 61.9 Å². The van der Waals surface area contributed by atoms with Crippen molar-refractivity contribution in [3.63, 3.8) is 0 Å². The van der Waals surface area contributed by atoms with Gasteiger partial charge < -0.3 is 0 Å². The predicted octanol–water partition coefficient (Wildman–Crippen LogP) is 6.02. The molecule has 0 saturated carbocycles. The Labute approximate surface area is 187 Å². The van der Waals surface area contributed by atoms with Crippen LogP contribution in [0, 0.1) is 6.92 Å². The molecular weight excluding hydrogens is 439 g/mol. The molecule has 1 unspecified atom stereocenters. The Hall–Kier alpha value is -2.54. The van der Waals surface area contributed by atoms with Gasteiger partial charge in [0.1, 0.15) is 5.37 Å². The molecule has 0 spiro atoms. The van der Waals surface area contributed by atoms with Gasteiger partial charge in [0.2, 0.25) is 5.91 Å². The predicted molar refractivity (Wildman–Crippen MR) is 123 cm³/mol. The quantitative estimate of drug-likeness (QED) is 0.411. The molecule has 1 N–H and O–H groups in total. The van der Waals surface area contributed by atoms with Gasteiger partial charge in [-0.15, -0.1) is 11.8 Å². The molecule has 1 aliphatic rings. The van der Waals surface area contributed by atoms with Crippen LogP contribution in [0.1, 0.15) is 16.6 Å². The van der Waals surface area contributed by atoms with Gasteiger partial charge in [0.25, 0.3) is 0 Å². The molecule has 5 nitrogen and oxygen atoms in total. The van der Waals surface area contributed by atoms with E-state index in [2.05, 4.69) is 15.2 Å². The standard InChI is InChI=1S/C22H16Cl2N4OS/c1-12-10-17(13-2-6-15(23)7-3-13)19-20(25-12)26-27-21(19)28-18(29)11-30-22(28)14-4-8-16(24)9-5-14/h2-10,22H,11H2,1H3,(H,25,26,27). The summed E-state index contributed by atoms with van der Waals surface area (Å²) in [4.78, 5) is 19.3. The number of benzene rings is 2. The number of amides is 1. The number of hydrogen-bond donors (Lipinski definition) is 1. The third kappa shape index (κ3) is 3.35. The number of H-pyrrole nitrogens is 1. The van der Waals surface area contributed by atoms with Gasteiger partial charge >= 0.3 is 0 Å². The molecule has 2 aromatic carbocycles. The van der Waals surface area contributed by atoms with Gasteiger partial charge in [0.05, 0.1) is 11.1 Å². The largest absolute Gasteiger partial charge is 0.277 e. The number of aromatic nitrogens is 3. The molecule has 2 aromatic heterocycles. The molecule has 8 heteroatoms. The Morgan fingerprint density at radius 3 is 2.43 bits per heavy atom. The first-order valence-corrected chi connectivity index (χ1v) is 11.1. The number of hydrogen-bond acceptors (Lipinski definition) is 4. The molecule has 0 aliphatic carbocycles. The molecule has 1 saturated heterocycles. The second-order valence-electron chi connectivity index (χ2n) is 7.07. The van der Waals surface area contributed by atoms with Crippen LogP contribution >= 0.6 is 35.0 Å². The number of nitrogens with one attached hydrogen (secondary N) is 1. The highest BCUT2D eigenvalue weighted by molar-refractivity contribution is 8.00. The van der Waals surface area contributed by atoms with E-state index in [-0.39, 0.29) is 11.3 Å². The van der Waals surface area contributed by atoms with Crippen LogP contribution in [0.2, 0.25) is 10.0 Å². The van der Waals surface area contributed by atoms with Crippen LogP contribution in [-0.4, -0.2) is 26.8 Å². The lowest BCUT2D eigenvalue weighted by molar-refractivity contribution is -0.115. The molecule has 30 heavy (non-hydrogen) atoms. The maximum Gasteiger partial charge on any atom is 0.239 e. The summed E-state index contributed by atoms with van der Waals surface area (Å²) >= 11 is 13.7. The van der Waals surface area contributed by atoms with Crippen LogP contribution in [0.4, 0.5) is 5.82 Å². The van der Waals surface area contributed by atoms with E-state index in [9.17, 15) is 4.79 Å². The highest BCUT2D eigenvalue weighted by atomic mass is 35.5. The van der Waals surface area contributed by atoms with Gasteiger partial charge in [-0.2, -0.15) is 5.10 Å². The SMILES string of the molecule is Cc1cc(-c2ccc(Cl)cc2)c2c(N3C(=O)CSC3c3ccc(Cl)cc3)n[nH]c2n1. The maximum absolute atomic E-state index is 12.9. The number of halogens is 2. The summed E-state index contributed by atoms with van der Waals surface area (Å²) in [5, 5.41) is 9.50. The number of rotatable bonds is 3. The zero-order chi connectivity index (χ0) is 20.8. The molecule has 5 rings (SSSR count). The lowest BCUT2D eigenvalue weighted by atomic mass is 10.0. The van der Waals surface area contributed by atoms with E-state index < -0.39 is 0 Å². The summed E-state index contributed by atoms with van der Waals surface area (Å²) in [5.74, 6) is 0.977. The number of anilines is 1. The van der Waals surface area contributed by atoms with Gasteiger partial charge in [-0.1, -0.05) is 47.5 Å². The highest BCUT2D eigenvalue weighted by Crippen LogP contribution is 2.45. The summed E-state index contributed by atoms with van der Waals surface area (Å²) in [7, 11) is 0. The third-order valence-electron chi connectivity index (χ3n) is 5.05. The molecule has 1 aliphatic heterocycles. The number of aryl methyl sites for hydroxylation is 1. The minimum absolute atomic E-state index is 0.0102. The van der Waals surface area contributed by atoms with Crippen LogP contribution < -0.4 is 4.90 Å². The van der Waals surface area contributed by atoms with Crippen LogP contribution in [-0.2, 0) is 4.79 Å². The lowest BCUT2D eigenvalue weighted by Crippen LogP contribution is -2.28. The van der Waals surface area contributed by atoms with Crippen molar-refractivity contribution >= 4 is 57.7 Å². The van der Waals surface area contributed by atoms with Crippen molar-refractivity contribution in [2.24, 2.45) is 0 Å². The van der Waals surface area contributed by atoms with Gasteiger partial charge in [-0.3, -0.25) is 14.8 Å². The van der Waals surface area contributed by atoms with Crippen molar-refractivity contribution in [3.8, 4) is 11.1 Å². The average Bonchev–Trinajstić information content (AvgIpc) is 3.31. The van der Waals surface area contributed by atoms with Gasteiger partial charge in [0, 0.05) is 15.7 Å². The molecule has 1 fully saturated rings. The van der Waals surface area contributed by atoms with Crippen molar-refractivity contribution in [2.45, 2.75) is 12.3 Å². The highest BCUT2D eigenvalue weighted by Gasteiger charge is 2.37. The number of aromatic amines is 1. The molecular formula is C22H16Cl2N4OS. The molecule has 4 aromatic rings.